The van der Waals surface area contributed by atoms with Gasteiger partial charge in [0.25, 0.3) is 0 Å². The molecule has 23 heavy (non-hydrogen) atoms. The molecule has 4 nitrogen and oxygen atoms in total. The molecule has 2 saturated heterocycles. The van der Waals surface area contributed by atoms with Crippen LogP contribution < -0.4 is 10.6 Å². The van der Waals surface area contributed by atoms with Gasteiger partial charge in [0.2, 0.25) is 5.91 Å². The van der Waals surface area contributed by atoms with Crippen LogP contribution in [-0.4, -0.2) is 49.6 Å². The largest absolute Gasteiger partial charge is 0.354 e. The molecule has 0 bridgehead atoms. The van der Waals surface area contributed by atoms with Gasteiger partial charge in [-0.1, -0.05) is 20.8 Å². The molecule has 2 unspecified atom stereocenters. The van der Waals surface area contributed by atoms with Crippen LogP contribution in [0, 0.1) is 17.8 Å². The number of halogens is 2. The molecule has 2 fully saturated rings. The Labute approximate surface area is 154 Å². The maximum atomic E-state index is 12.3. The number of nitrogens with one attached hydrogen (secondary N) is 2. The van der Waals surface area contributed by atoms with Crippen LogP contribution in [0.3, 0.4) is 0 Å². The van der Waals surface area contributed by atoms with Gasteiger partial charge < -0.3 is 10.6 Å². The summed E-state index contributed by atoms with van der Waals surface area (Å²) < 4.78 is 0. The number of amides is 1. The summed E-state index contributed by atoms with van der Waals surface area (Å²) in [6.07, 6.45) is 4.75. The summed E-state index contributed by atoms with van der Waals surface area (Å²) in [6.45, 7) is 12.0. The monoisotopic (exact) mass is 367 g/mol. The molecule has 0 aromatic heterocycles. The van der Waals surface area contributed by atoms with Gasteiger partial charge in [-0.05, 0) is 57.2 Å². The zero-order valence-electron chi connectivity index (χ0n) is 14.8. The van der Waals surface area contributed by atoms with Crippen molar-refractivity contribution >= 4 is 30.7 Å². The minimum Gasteiger partial charge on any atom is -0.354 e. The van der Waals surface area contributed by atoms with Crippen molar-refractivity contribution in [2.45, 2.75) is 52.5 Å². The van der Waals surface area contributed by atoms with Crippen molar-refractivity contribution in [3.63, 3.8) is 0 Å². The molecule has 0 aromatic carbocycles. The van der Waals surface area contributed by atoms with E-state index in [0.717, 1.165) is 38.4 Å². The molecule has 0 aromatic rings. The first kappa shape index (κ1) is 23.0. The van der Waals surface area contributed by atoms with Gasteiger partial charge in [-0.25, -0.2) is 0 Å². The number of likely N-dealkylation sites (tertiary alicyclic amines) is 1. The van der Waals surface area contributed by atoms with E-state index in [1.165, 1.54) is 25.9 Å². The summed E-state index contributed by atoms with van der Waals surface area (Å²) in [5, 5.41) is 6.54. The first-order valence-corrected chi connectivity index (χ1v) is 8.80. The lowest BCUT2D eigenvalue weighted by molar-refractivity contribution is -0.125. The molecule has 2 atom stereocenters. The molecule has 0 saturated carbocycles. The highest BCUT2D eigenvalue weighted by Gasteiger charge is 2.27. The van der Waals surface area contributed by atoms with E-state index >= 15 is 0 Å². The van der Waals surface area contributed by atoms with Crippen molar-refractivity contribution in [1.82, 2.24) is 15.5 Å². The van der Waals surface area contributed by atoms with Crippen LogP contribution in [0.4, 0.5) is 0 Å². The van der Waals surface area contributed by atoms with Crippen molar-refractivity contribution < 1.29 is 4.79 Å². The lowest BCUT2D eigenvalue weighted by atomic mass is 9.94. The molecule has 1 amide bonds. The lowest BCUT2D eigenvalue weighted by Crippen LogP contribution is -2.51. The Morgan fingerprint density at radius 3 is 2.39 bits per heavy atom. The summed E-state index contributed by atoms with van der Waals surface area (Å²) in [7, 11) is 0. The van der Waals surface area contributed by atoms with Crippen molar-refractivity contribution in [3.05, 3.63) is 0 Å². The highest BCUT2D eigenvalue weighted by Crippen LogP contribution is 2.21. The van der Waals surface area contributed by atoms with E-state index in [0.29, 0.717) is 12.0 Å². The lowest BCUT2D eigenvalue weighted by Gasteiger charge is -2.39. The predicted molar refractivity (Wildman–Crippen MR) is 102 cm³/mol. The van der Waals surface area contributed by atoms with Crippen molar-refractivity contribution in [3.8, 4) is 0 Å². The van der Waals surface area contributed by atoms with Crippen LogP contribution in [0.15, 0.2) is 0 Å². The molecule has 6 heteroatoms. The van der Waals surface area contributed by atoms with Crippen LogP contribution in [0.25, 0.3) is 0 Å². The number of carbonyl (C=O) groups is 1. The van der Waals surface area contributed by atoms with Gasteiger partial charge >= 0.3 is 0 Å². The number of hydrogen-bond acceptors (Lipinski definition) is 3. The van der Waals surface area contributed by atoms with Gasteiger partial charge in [-0.15, -0.1) is 24.8 Å². The quantitative estimate of drug-likeness (QED) is 0.784. The van der Waals surface area contributed by atoms with Gasteiger partial charge in [0.1, 0.15) is 0 Å². The second kappa shape index (κ2) is 11.5. The molecular weight excluding hydrogens is 333 g/mol. The minimum atomic E-state index is 0. The van der Waals surface area contributed by atoms with Gasteiger partial charge in [-0.3, -0.25) is 9.69 Å². The summed E-state index contributed by atoms with van der Waals surface area (Å²) in [4.78, 5) is 14.9. The summed E-state index contributed by atoms with van der Waals surface area (Å²) in [6, 6.07) is 0.484. The fourth-order valence-corrected chi connectivity index (χ4v) is 3.57. The minimum absolute atomic E-state index is 0. The van der Waals surface area contributed by atoms with Gasteiger partial charge in [-0.2, -0.15) is 0 Å². The molecule has 2 N–H and O–H groups in total. The average Bonchev–Trinajstić information content (AvgIpc) is 2.49. The Morgan fingerprint density at radius 1 is 1.22 bits per heavy atom. The van der Waals surface area contributed by atoms with E-state index in [1.54, 1.807) is 0 Å². The smallest absolute Gasteiger partial charge is 0.224 e. The molecule has 2 rings (SSSR count). The van der Waals surface area contributed by atoms with Crippen LogP contribution in [0.2, 0.25) is 0 Å². The van der Waals surface area contributed by atoms with Gasteiger partial charge in [0, 0.05) is 19.1 Å². The molecule has 0 radical (unpaired) electrons. The first-order chi connectivity index (χ1) is 10.1. The molecule has 138 valence electrons. The normalized spacial score (nSPS) is 24.4. The van der Waals surface area contributed by atoms with E-state index in [1.807, 2.05) is 0 Å². The SMILES string of the molecule is CC1CCN(C(CNC(=O)C2CCCNC2)C(C)C)CC1.Cl.Cl. The maximum absolute atomic E-state index is 12.3. The average molecular weight is 368 g/mol. The third-order valence-electron chi connectivity index (χ3n) is 5.21. The standard InChI is InChI=1S/C17H33N3O.2ClH/c1-13(2)16(20-9-6-14(3)7-10-20)12-19-17(21)15-5-4-8-18-11-15;;/h13-16,18H,4-12H2,1-3H3,(H,19,21);2*1H. The predicted octanol–water partition coefficient (Wildman–Crippen LogP) is 2.70. The topological polar surface area (TPSA) is 44.4 Å². The Hall–Kier alpha value is -0.0300. The fourth-order valence-electron chi connectivity index (χ4n) is 3.57. The van der Waals surface area contributed by atoms with Crippen molar-refractivity contribution in [2.75, 3.05) is 32.7 Å². The summed E-state index contributed by atoms with van der Waals surface area (Å²) in [5.74, 6) is 1.87. The number of hydrogen-bond donors (Lipinski definition) is 2. The molecule has 2 aliphatic rings. The van der Waals surface area contributed by atoms with E-state index < -0.39 is 0 Å². The highest BCUT2D eigenvalue weighted by molar-refractivity contribution is 5.85. The molecule has 2 aliphatic heterocycles. The molecular formula is C17H35Cl2N3O. The van der Waals surface area contributed by atoms with E-state index in [2.05, 4.69) is 36.3 Å². The first-order valence-electron chi connectivity index (χ1n) is 8.80. The summed E-state index contributed by atoms with van der Waals surface area (Å²) >= 11 is 0. The van der Waals surface area contributed by atoms with E-state index in [4.69, 9.17) is 0 Å². The van der Waals surface area contributed by atoms with Gasteiger partial charge in [0.15, 0.2) is 0 Å². The maximum Gasteiger partial charge on any atom is 0.224 e. The second-order valence-corrected chi connectivity index (χ2v) is 7.32. The Balaban J connectivity index is 0.00000242. The molecule has 0 spiro atoms. The van der Waals surface area contributed by atoms with Crippen LogP contribution >= 0.6 is 24.8 Å². The number of carbonyl (C=O) groups excluding carboxylic acids is 1. The van der Waals surface area contributed by atoms with Crippen LogP contribution in [0.1, 0.15) is 46.5 Å². The third kappa shape index (κ3) is 7.16. The summed E-state index contributed by atoms with van der Waals surface area (Å²) in [5.41, 5.74) is 0. The number of rotatable bonds is 5. The Kier molecular flexibility index (Phi) is 11.5. The fraction of sp³-hybridized carbons (Fsp3) is 0.941. The molecule has 0 aliphatic carbocycles. The van der Waals surface area contributed by atoms with Gasteiger partial charge in [0.05, 0.1) is 5.92 Å². The number of nitrogens with zero attached hydrogens (tertiary/aromatic N) is 1. The van der Waals surface area contributed by atoms with E-state index in [-0.39, 0.29) is 36.6 Å². The van der Waals surface area contributed by atoms with Crippen LogP contribution in [0.5, 0.6) is 0 Å². The highest BCUT2D eigenvalue weighted by atomic mass is 35.5. The van der Waals surface area contributed by atoms with E-state index in [9.17, 15) is 4.79 Å². The Bertz CT molecular complexity index is 328. The number of piperidine rings is 2. The Morgan fingerprint density at radius 2 is 1.87 bits per heavy atom. The zero-order valence-corrected chi connectivity index (χ0v) is 16.5. The second-order valence-electron chi connectivity index (χ2n) is 7.32. The van der Waals surface area contributed by atoms with Crippen molar-refractivity contribution in [2.24, 2.45) is 17.8 Å². The molecule has 2 heterocycles. The van der Waals surface area contributed by atoms with Crippen LogP contribution in [-0.2, 0) is 4.79 Å². The third-order valence-corrected chi connectivity index (χ3v) is 5.21. The zero-order chi connectivity index (χ0) is 15.2. The van der Waals surface area contributed by atoms with Crippen molar-refractivity contribution in [1.29, 1.82) is 0 Å².